The molecule has 18 heavy (non-hydrogen) atoms. The highest BCUT2D eigenvalue weighted by atomic mass is 16.2. The van der Waals surface area contributed by atoms with Crippen LogP contribution in [0.15, 0.2) is 0 Å². The van der Waals surface area contributed by atoms with Gasteiger partial charge in [0.1, 0.15) is 0 Å². The van der Waals surface area contributed by atoms with Crippen LogP contribution in [0.25, 0.3) is 0 Å². The van der Waals surface area contributed by atoms with Crippen molar-refractivity contribution in [3.05, 3.63) is 0 Å². The summed E-state index contributed by atoms with van der Waals surface area (Å²) in [5.41, 5.74) is 0. The molecule has 3 unspecified atom stereocenters. The van der Waals surface area contributed by atoms with Crippen molar-refractivity contribution in [2.45, 2.75) is 57.7 Å². The summed E-state index contributed by atoms with van der Waals surface area (Å²) < 4.78 is 0. The highest BCUT2D eigenvalue weighted by Gasteiger charge is 2.31. The van der Waals surface area contributed by atoms with Gasteiger partial charge in [-0.2, -0.15) is 0 Å². The van der Waals surface area contributed by atoms with E-state index in [1.165, 1.54) is 25.7 Å². The van der Waals surface area contributed by atoms with Crippen molar-refractivity contribution in [2.24, 2.45) is 0 Å². The average Bonchev–Trinajstić information content (AvgIpc) is 2.38. The third-order valence-corrected chi connectivity index (χ3v) is 4.63. The van der Waals surface area contributed by atoms with Crippen LogP contribution in [0, 0.1) is 0 Å². The molecule has 2 rings (SSSR count). The van der Waals surface area contributed by atoms with Gasteiger partial charge >= 0.3 is 0 Å². The van der Waals surface area contributed by atoms with Crippen molar-refractivity contribution in [3.8, 4) is 0 Å². The van der Waals surface area contributed by atoms with E-state index in [1.54, 1.807) is 6.92 Å². The zero-order valence-electron chi connectivity index (χ0n) is 12.0. The summed E-state index contributed by atoms with van der Waals surface area (Å²) in [5.74, 6) is 0.221. The number of amides is 1. The fourth-order valence-electron chi connectivity index (χ4n) is 3.54. The predicted octanol–water partition coefficient (Wildman–Crippen LogP) is 1.07. The molecule has 0 aromatic rings. The fraction of sp³-hybridized carbons (Fsp3) is 0.929. The van der Waals surface area contributed by atoms with Crippen LogP contribution in [0.3, 0.4) is 0 Å². The van der Waals surface area contributed by atoms with Gasteiger partial charge in [-0.25, -0.2) is 0 Å². The zero-order valence-corrected chi connectivity index (χ0v) is 12.0. The van der Waals surface area contributed by atoms with Crippen LogP contribution in [-0.4, -0.2) is 60.5 Å². The molecule has 3 atom stereocenters. The van der Waals surface area contributed by atoms with Crippen molar-refractivity contribution < 1.29 is 4.79 Å². The second-order valence-electron chi connectivity index (χ2n) is 5.86. The van der Waals surface area contributed by atoms with Crippen LogP contribution in [0.4, 0.5) is 0 Å². The molecule has 4 nitrogen and oxygen atoms in total. The Morgan fingerprint density at radius 1 is 1.28 bits per heavy atom. The summed E-state index contributed by atoms with van der Waals surface area (Å²) in [7, 11) is 2.07. The summed E-state index contributed by atoms with van der Waals surface area (Å²) in [6, 6.07) is 1.77. The highest BCUT2D eigenvalue weighted by molar-refractivity contribution is 5.73. The number of carbonyl (C=O) groups is 1. The number of hydrogen-bond acceptors (Lipinski definition) is 3. The van der Waals surface area contributed by atoms with Crippen molar-refractivity contribution in [2.75, 3.05) is 26.7 Å². The first kappa shape index (κ1) is 13.8. The molecule has 1 N–H and O–H groups in total. The molecule has 1 saturated heterocycles. The Hall–Kier alpha value is -0.610. The summed E-state index contributed by atoms with van der Waals surface area (Å²) >= 11 is 0. The molecule has 0 radical (unpaired) electrons. The second-order valence-corrected chi connectivity index (χ2v) is 5.86. The monoisotopic (exact) mass is 253 g/mol. The van der Waals surface area contributed by atoms with Gasteiger partial charge in [0, 0.05) is 44.7 Å². The lowest BCUT2D eigenvalue weighted by atomic mass is 9.89. The predicted molar refractivity (Wildman–Crippen MR) is 73.5 cm³/mol. The molecule has 1 aliphatic carbocycles. The van der Waals surface area contributed by atoms with E-state index < -0.39 is 0 Å². The molecular formula is C14H27N3O. The van der Waals surface area contributed by atoms with Gasteiger partial charge in [0.25, 0.3) is 0 Å². The number of nitrogens with one attached hydrogen (secondary N) is 1. The van der Waals surface area contributed by atoms with E-state index >= 15 is 0 Å². The van der Waals surface area contributed by atoms with Crippen molar-refractivity contribution in [3.63, 3.8) is 0 Å². The zero-order chi connectivity index (χ0) is 13.1. The summed E-state index contributed by atoms with van der Waals surface area (Å²) in [6.07, 6.45) is 5.24. The number of hydrogen-bond donors (Lipinski definition) is 1. The number of carbonyl (C=O) groups excluding carboxylic acids is 1. The van der Waals surface area contributed by atoms with Crippen LogP contribution in [-0.2, 0) is 4.79 Å². The van der Waals surface area contributed by atoms with Crippen LogP contribution >= 0.6 is 0 Å². The van der Waals surface area contributed by atoms with Crippen LogP contribution in [0.1, 0.15) is 39.5 Å². The van der Waals surface area contributed by atoms with E-state index in [9.17, 15) is 4.79 Å². The summed E-state index contributed by atoms with van der Waals surface area (Å²) in [5, 5.41) is 3.42. The molecule has 0 bridgehead atoms. The minimum Gasteiger partial charge on any atom is -0.338 e. The van der Waals surface area contributed by atoms with E-state index in [0.29, 0.717) is 18.1 Å². The standard InChI is InChI=1S/C14H27N3O/c1-11-10-16(7-8-17(11)12(2)18)14-6-4-5-13(9-14)15-3/h11,13-15H,4-10H2,1-3H3. The SMILES string of the molecule is CNC1CCCC(N2CCN(C(C)=O)C(C)C2)C1. The first-order valence-corrected chi connectivity index (χ1v) is 7.30. The molecule has 1 saturated carbocycles. The number of rotatable bonds is 2. The summed E-state index contributed by atoms with van der Waals surface area (Å²) in [6.45, 7) is 6.85. The largest absolute Gasteiger partial charge is 0.338 e. The molecule has 1 aliphatic heterocycles. The Labute approximate surface area is 111 Å². The molecule has 0 aromatic heterocycles. The molecule has 2 fully saturated rings. The lowest BCUT2D eigenvalue weighted by molar-refractivity contribution is -0.133. The van der Waals surface area contributed by atoms with Gasteiger partial charge < -0.3 is 10.2 Å². The Kier molecular flexibility index (Phi) is 4.62. The lowest BCUT2D eigenvalue weighted by Crippen LogP contribution is -2.57. The molecular weight excluding hydrogens is 226 g/mol. The second kappa shape index (κ2) is 6.02. The third-order valence-electron chi connectivity index (χ3n) is 4.63. The van der Waals surface area contributed by atoms with Gasteiger partial charge in [-0.05, 0) is 33.2 Å². The summed E-state index contributed by atoms with van der Waals surface area (Å²) in [4.78, 5) is 16.1. The van der Waals surface area contributed by atoms with Crippen LogP contribution < -0.4 is 5.32 Å². The quantitative estimate of drug-likeness (QED) is 0.799. The minimum absolute atomic E-state index is 0.221. The normalized spacial score (nSPS) is 34.6. The van der Waals surface area contributed by atoms with Gasteiger partial charge in [0.05, 0.1) is 0 Å². The van der Waals surface area contributed by atoms with Gasteiger partial charge in [-0.3, -0.25) is 9.69 Å². The molecule has 1 amide bonds. The fourth-order valence-corrected chi connectivity index (χ4v) is 3.54. The highest BCUT2D eigenvalue weighted by Crippen LogP contribution is 2.25. The first-order valence-electron chi connectivity index (χ1n) is 7.30. The van der Waals surface area contributed by atoms with E-state index in [2.05, 4.69) is 24.2 Å². The topological polar surface area (TPSA) is 35.6 Å². The maximum absolute atomic E-state index is 11.5. The van der Waals surface area contributed by atoms with Crippen LogP contribution in [0.5, 0.6) is 0 Å². The van der Waals surface area contributed by atoms with Crippen molar-refractivity contribution >= 4 is 5.91 Å². The Morgan fingerprint density at radius 3 is 2.67 bits per heavy atom. The van der Waals surface area contributed by atoms with Gasteiger partial charge in [-0.15, -0.1) is 0 Å². The van der Waals surface area contributed by atoms with E-state index in [4.69, 9.17) is 0 Å². The Bertz CT molecular complexity index is 295. The Balaban J connectivity index is 1.89. The molecule has 2 aliphatic rings. The lowest BCUT2D eigenvalue weighted by Gasteiger charge is -2.45. The van der Waals surface area contributed by atoms with E-state index in [-0.39, 0.29) is 5.91 Å². The van der Waals surface area contributed by atoms with Crippen molar-refractivity contribution in [1.82, 2.24) is 15.1 Å². The maximum Gasteiger partial charge on any atom is 0.219 e. The molecule has 0 spiro atoms. The molecule has 4 heteroatoms. The smallest absolute Gasteiger partial charge is 0.219 e. The van der Waals surface area contributed by atoms with Gasteiger partial charge in [0.2, 0.25) is 5.91 Å². The molecule has 1 heterocycles. The van der Waals surface area contributed by atoms with Crippen molar-refractivity contribution in [1.29, 1.82) is 0 Å². The first-order chi connectivity index (χ1) is 8.61. The van der Waals surface area contributed by atoms with Gasteiger partial charge in [-0.1, -0.05) is 6.42 Å². The molecule has 0 aromatic carbocycles. The van der Waals surface area contributed by atoms with E-state index in [1.807, 2.05) is 4.90 Å². The van der Waals surface area contributed by atoms with Crippen LogP contribution in [0.2, 0.25) is 0 Å². The maximum atomic E-state index is 11.5. The molecule has 104 valence electrons. The number of nitrogens with zero attached hydrogens (tertiary/aromatic N) is 2. The van der Waals surface area contributed by atoms with Gasteiger partial charge in [0.15, 0.2) is 0 Å². The third kappa shape index (κ3) is 3.04. The number of piperazine rings is 1. The Morgan fingerprint density at radius 2 is 2.06 bits per heavy atom. The minimum atomic E-state index is 0.221. The average molecular weight is 253 g/mol. The van der Waals surface area contributed by atoms with E-state index in [0.717, 1.165) is 19.6 Å².